The van der Waals surface area contributed by atoms with E-state index in [1.807, 2.05) is 18.2 Å². The molecule has 0 radical (unpaired) electrons. The van der Waals surface area contributed by atoms with Crippen molar-refractivity contribution in [3.05, 3.63) is 29.1 Å². The third-order valence-electron chi connectivity index (χ3n) is 3.12. The summed E-state index contributed by atoms with van der Waals surface area (Å²) in [6.45, 7) is 0. The number of carbonyl (C=O) groups excluding carboxylic acids is 2. The van der Waals surface area contributed by atoms with Crippen molar-refractivity contribution < 1.29 is 14.3 Å². The number of hydrogen-bond donors (Lipinski definition) is 1. The molecule has 0 saturated heterocycles. The molecule has 1 fully saturated rings. The Bertz CT molecular complexity index is 658. The fourth-order valence-electron chi connectivity index (χ4n) is 1.91. The van der Waals surface area contributed by atoms with Gasteiger partial charge in [0.2, 0.25) is 5.91 Å². The van der Waals surface area contributed by atoms with Gasteiger partial charge in [-0.3, -0.25) is 4.79 Å². The van der Waals surface area contributed by atoms with Crippen molar-refractivity contribution in [3.8, 4) is 0 Å². The monoisotopic (exact) mass is 275 g/mol. The molecule has 1 aliphatic rings. The van der Waals surface area contributed by atoms with Crippen LogP contribution in [-0.2, 0) is 9.53 Å². The van der Waals surface area contributed by atoms with Crippen molar-refractivity contribution in [2.24, 2.45) is 5.92 Å². The van der Waals surface area contributed by atoms with E-state index in [9.17, 15) is 9.59 Å². The molecule has 98 valence electrons. The predicted molar refractivity (Wildman–Crippen MR) is 74.5 cm³/mol. The topological polar surface area (TPSA) is 55.4 Å². The Hall–Kier alpha value is -1.88. The van der Waals surface area contributed by atoms with Gasteiger partial charge >= 0.3 is 5.97 Å². The standard InChI is InChI=1S/C14H13NO3S/c1-18-14(17)12-7-9-6-10(4-5-11(9)19-12)15-13(16)8-2-3-8/h4-8H,2-3H2,1H3,(H,15,16). The summed E-state index contributed by atoms with van der Waals surface area (Å²) in [6, 6.07) is 7.45. The molecule has 1 aromatic heterocycles. The Balaban J connectivity index is 1.87. The Morgan fingerprint density at radius 2 is 2.11 bits per heavy atom. The minimum absolute atomic E-state index is 0.0859. The van der Waals surface area contributed by atoms with E-state index in [4.69, 9.17) is 4.74 Å². The fraction of sp³-hybridized carbons (Fsp3) is 0.286. The number of fused-ring (bicyclic) bond motifs is 1. The van der Waals surface area contributed by atoms with Crippen LogP contribution < -0.4 is 5.32 Å². The Morgan fingerprint density at radius 1 is 1.32 bits per heavy atom. The molecule has 0 aliphatic heterocycles. The summed E-state index contributed by atoms with van der Waals surface area (Å²) in [5.74, 6) is -0.0589. The van der Waals surface area contributed by atoms with E-state index in [0.717, 1.165) is 28.6 Å². The molecule has 5 heteroatoms. The average Bonchev–Trinajstić information content (AvgIpc) is 3.17. The van der Waals surface area contributed by atoms with Crippen LogP contribution in [0.15, 0.2) is 24.3 Å². The van der Waals surface area contributed by atoms with Gasteiger partial charge in [-0.2, -0.15) is 0 Å². The van der Waals surface area contributed by atoms with Crippen LogP contribution in [0.4, 0.5) is 5.69 Å². The van der Waals surface area contributed by atoms with Gasteiger partial charge in [0.05, 0.1) is 7.11 Å². The van der Waals surface area contributed by atoms with Crippen LogP contribution in [0.3, 0.4) is 0 Å². The summed E-state index contributed by atoms with van der Waals surface area (Å²) >= 11 is 1.39. The van der Waals surface area contributed by atoms with Gasteiger partial charge in [0.15, 0.2) is 0 Å². The van der Waals surface area contributed by atoms with Gasteiger partial charge in [-0.15, -0.1) is 11.3 Å². The van der Waals surface area contributed by atoms with Crippen molar-refractivity contribution in [3.63, 3.8) is 0 Å². The zero-order valence-corrected chi connectivity index (χ0v) is 11.3. The molecular formula is C14H13NO3S. The van der Waals surface area contributed by atoms with E-state index in [-0.39, 0.29) is 17.8 Å². The van der Waals surface area contributed by atoms with Gasteiger partial charge in [0, 0.05) is 16.3 Å². The number of methoxy groups -OCH3 is 1. The maximum Gasteiger partial charge on any atom is 0.348 e. The fourth-order valence-corrected chi connectivity index (χ4v) is 2.87. The minimum atomic E-state index is -0.329. The zero-order chi connectivity index (χ0) is 13.4. The summed E-state index contributed by atoms with van der Waals surface area (Å²) in [5.41, 5.74) is 0.776. The largest absolute Gasteiger partial charge is 0.465 e. The highest BCUT2D eigenvalue weighted by molar-refractivity contribution is 7.20. The van der Waals surface area contributed by atoms with Gasteiger partial charge in [0.1, 0.15) is 4.88 Å². The molecule has 4 nitrogen and oxygen atoms in total. The molecule has 3 rings (SSSR count). The lowest BCUT2D eigenvalue weighted by molar-refractivity contribution is -0.117. The van der Waals surface area contributed by atoms with E-state index >= 15 is 0 Å². The lowest BCUT2D eigenvalue weighted by Crippen LogP contribution is -2.12. The van der Waals surface area contributed by atoms with Crippen molar-refractivity contribution in [1.29, 1.82) is 0 Å². The summed E-state index contributed by atoms with van der Waals surface area (Å²) < 4.78 is 5.71. The lowest BCUT2D eigenvalue weighted by atomic mass is 10.2. The number of ether oxygens (including phenoxy) is 1. The number of nitrogens with one attached hydrogen (secondary N) is 1. The van der Waals surface area contributed by atoms with Crippen LogP contribution >= 0.6 is 11.3 Å². The SMILES string of the molecule is COC(=O)c1cc2cc(NC(=O)C3CC3)ccc2s1. The predicted octanol–water partition coefficient (Wildman–Crippen LogP) is 3.04. The molecule has 1 saturated carbocycles. The highest BCUT2D eigenvalue weighted by Crippen LogP contribution is 2.32. The van der Waals surface area contributed by atoms with Crippen molar-refractivity contribution in [2.75, 3.05) is 12.4 Å². The number of esters is 1. The Kier molecular flexibility index (Phi) is 2.98. The first kappa shape index (κ1) is 12.2. The van der Waals surface area contributed by atoms with E-state index in [1.54, 1.807) is 6.07 Å². The smallest absolute Gasteiger partial charge is 0.348 e. The first-order valence-corrected chi connectivity index (χ1v) is 6.92. The van der Waals surface area contributed by atoms with Gasteiger partial charge in [0.25, 0.3) is 0 Å². The maximum atomic E-state index is 11.7. The summed E-state index contributed by atoms with van der Waals surface area (Å²) in [4.78, 5) is 23.7. The molecule has 0 atom stereocenters. The van der Waals surface area contributed by atoms with Crippen molar-refractivity contribution in [2.45, 2.75) is 12.8 Å². The molecular weight excluding hydrogens is 262 g/mol. The molecule has 1 N–H and O–H groups in total. The Morgan fingerprint density at radius 3 is 2.79 bits per heavy atom. The highest BCUT2D eigenvalue weighted by atomic mass is 32.1. The third-order valence-corrected chi connectivity index (χ3v) is 4.21. The van der Waals surface area contributed by atoms with E-state index in [0.29, 0.717) is 4.88 Å². The maximum absolute atomic E-state index is 11.7. The second-order valence-corrected chi connectivity index (χ2v) is 5.70. The van der Waals surface area contributed by atoms with Crippen LogP contribution in [0, 0.1) is 5.92 Å². The number of rotatable bonds is 3. The first-order chi connectivity index (χ1) is 9.17. The van der Waals surface area contributed by atoms with Crippen LogP contribution in [0.1, 0.15) is 22.5 Å². The first-order valence-electron chi connectivity index (χ1n) is 6.10. The molecule has 1 aromatic carbocycles. The van der Waals surface area contributed by atoms with Crippen LogP contribution in [0.5, 0.6) is 0 Å². The van der Waals surface area contributed by atoms with Crippen LogP contribution in [0.25, 0.3) is 10.1 Å². The lowest BCUT2D eigenvalue weighted by Gasteiger charge is -2.03. The van der Waals surface area contributed by atoms with E-state index < -0.39 is 0 Å². The number of thiophene rings is 1. The number of benzene rings is 1. The minimum Gasteiger partial charge on any atom is -0.465 e. The number of carbonyl (C=O) groups is 2. The molecule has 1 heterocycles. The number of anilines is 1. The normalized spacial score (nSPS) is 14.4. The molecule has 0 spiro atoms. The summed E-state index contributed by atoms with van der Waals surface area (Å²) in [5, 5.41) is 3.84. The summed E-state index contributed by atoms with van der Waals surface area (Å²) in [6.07, 6.45) is 1.97. The zero-order valence-electron chi connectivity index (χ0n) is 10.4. The van der Waals surface area contributed by atoms with Crippen LogP contribution in [-0.4, -0.2) is 19.0 Å². The molecule has 19 heavy (non-hydrogen) atoms. The van der Waals surface area contributed by atoms with Gasteiger partial charge < -0.3 is 10.1 Å². The van der Waals surface area contributed by atoms with Gasteiger partial charge in [-0.05, 0) is 42.5 Å². The quantitative estimate of drug-likeness (QED) is 0.876. The van der Waals surface area contributed by atoms with Gasteiger partial charge in [-0.25, -0.2) is 4.79 Å². The Labute approximate surface area is 114 Å². The second kappa shape index (κ2) is 4.66. The number of hydrogen-bond acceptors (Lipinski definition) is 4. The van der Waals surface area contributed by atoms with Gasteiger partial charge in [-0.1, -0.05) is 0 Å². The van der Waals surface area contributed by atoms with Crippen molar-refractivity contribution in [1.82, 2.24) is 0 Å². The van der Waals surface area contributed by atoms with E-state index in [1.165, 1.54) is 18.4 Å². The molecule has 2 aromatic rings. The van der Waals surface area contributed by atoms with Crippen molar-refractivity contribution >= 4 is 39.0 Å². The summed E-state index contributed by atoms with van der Waals surface area (Å²) in [7, 11) is 1.37. The molecule has 0 bridgehead atoms. The number of amides is 1. The molecule has 1 amide bonds. The molecule has 1 aliphatic carbocycles. The molecule has 0 unspecified atom stereocenters. The third kappa shape index (κ3) is 2.46. The highest BCUT2D eigenvalue weighted by Gasteiger charge is 2.29. The second-order valence-electron chi connectivity index (χ2n) is 4.62. The van der Waals surface area contributed by atoms with Crippen LogP contribution in [0.2, 0.25) is 0 Å². The van der Waals surface area contributed by atoms with E-state index in [2.05, 4.69) is 5.32 Å². The average molecular weight is 275 g/mol.